The minimum absolute atomic E-state index is 0.0301. The van der Waals surface area contributed by atoms with E-state index in [0.717, 1.165) is 17.8 Å². The second kappa shape index (κ2) is 5.96. The van der Waals surface area contributed by atoms with E-state index in [1.807, 2.05) is 20.2 Å². The van der Waals surface area contributed by atoms with Crippen LogP contribution in [-0.4, -0.2) is 37.5 Å². The largest absolute Gasteiger partial charge is 0.308 e. The first-order valence-electron chi connectivity index (χ1n) is 7.13. The average molecular weight is 319 g/mol. The minimum Gasteiger partial charge on any atom is -0.308 e. The number of H-pyrrole nitrogens is 1. The van der Waals surface area contributed by atoms with Crippen molar-refractivity contribution in [1.29, 1.82) is 0 Å². The van der Waals surface area contributed by atoms with Gasteiger partial charge in [0.2, 0.25) is 5.91 Å². The number of hydrogen-bond donors (Lipinski definition) is 1. The van der Waals surface area contributed by atoms with Crippen molar-refractivity contribution in [3.05, 3.63) is 34.5 Å². The van der Waals surface area contributed by atoms with Gasteiger partial charge >= 0.3 is 0 Å². The number of hydrogen-bond acceptors (Lipinski definition) is 5. The topological polar surface area (TPSA) is 83.9 Å². The highest BCUT2D eigenvalue weighted by molar-refractivity contribution is 8.00. The van der Waals surface area contributed by atoms with E-state index in [2.05, 4.69) is 15.1 Å². The molecule has 7 nitrogen and oxygen atoms in total. The van der Waals surface area contributed by atoms with Crippen molar-refractivity contribution in [2.24, 2.45) is 7.05 Å². The first-order chi connectivity index (χ1) is 10.6. The Morgan fingerprint density at radius 1 is 1.45 bits per heavy atom. The van der Waals surface area contributed by atoms with Gasteiger partial charge in [-0.2, -0.15) is 5.10 Å². The molecule has 0 aliphatic carbocycles. The fraction of sp³-hybridized carbons (Fsp3) is 0.429. The molecule has 1 N–H and O–H groups in total. The van der Waals surface area contributed by atoms with E-state index in [1.54, 1.807) is 15.8 Å². The van der Waals surface area contributed by atoms with Gasteiger partial charge in [-0.15, -0.1) is 0 Å². The third-order valence-electron chi connectivity index (χ3n) is 3.55. The zero-order chi connectivity index (χ0) is 15.7. The molecular formula is C14H17N5O2S. The number of amides is 1. The van der Waals surface area contributed by atoms with E-state index in [-0.39, 0.29) is 16.7 Å². The molecule has 0 bridgehead atoms. The lowest BCUT2D eigenvalue weighted by atomic mass is 10.3. The SMILES string of the molecule is CCc1cc(=O)[nH]c(SC2CCN(c3cnn(C)c3)C2=O)n1. The third kappa shape index (κ3) is 2.92. The van der Waals surface area contributed by atoms with Crippen LogP contribution in [0, 0.1) is 0 Å². The minimum atomic E-state index is -0.226. The predicted octanol–water partition coefficient (Wildman–Crippen LogP) is 0.963. The van der Waals surface area contributed by atoms with Gasteiger partial charge in [0.15, 0.2) is 5.16 Å². The van der Waals surface area contributed by atoms with Crippen LogP contribution in [-0.2, 0) is 18.3 Å². The van der Waals surface area contributed by atoms with Gasteiger partial charge in [0.05, 0.1) is 17.1 Å². The molecule has 2 aromatic rings. The lowest BCUT2D eigenvalue weighted by Gasteiger charge is -2.13. The van der Waals surface area contributed by atoms with Crippen LogP contribution in [0.2, 0.25) is 0 Å². The van der Waals surface area contributed by atoms with Crippen LogP contribution >= 0.6 is 11.8 Å². The first kappa shape index (κ1) is 14.8. The maximum absolute atomic E-state index is 12.5. The number of thioether (sulfide) groups is 1. The maximum atomic E-state index is 12.5. The van der Waals surface area contributed by atoms with E-state index in [1.165, 1.54) is 17.8 Å². The second-order valence-corrected chi connectivity index (χ2v) is 6.34. The Morgan fingerprint density at radius 3 is 2.95 bits per heavy atom. The van der Waals surface area contributed by atoms with Gasteiger partial charge in [-0.3, -0.25) is 14.3 Å². The zero-order valence-electron chi connectivity index (χ0n) is 12.4. The van der Waals surface area contributed by atoms with Crippen molar-refractivity contribution >= 4 is 23.4 Å². The molecule has 8 heteroatoms. The third-order valence-corrected chi connectivity index (χ3v) is 4.69. The molecule has 22 heavy (non-hydrogen) atoms. The quantitative estimate of drug-likeness (QED) is 0.849. The number of carbonyl (C=O) groups is 1. The summed E-state index contributed by atoms with van der Waals surface area (Å²) in [5.74, 6) is 0.0301. The molecular weight excluding hydrogens is 302 g/mol. The summed E-state index contributed by atoms with van der Waals surface area (Å²) < 4.78 is 1.67. The number of aryl methyl sites for hydroxylation is 2. The molecule has 2 aromatic heterocycles. The van der Waals surface area contributed by atoms with Crippen LogP contribution in [0.3, 0.4) is 0 Å². The van der Waals surface area contributed by atoms with Crippen molar-refractivity contribution in [2.75, 3.05) is 11.4 Å². The Morgan fingerprint density at radius 2 is 2.27 bits per heavy atom. The molecule has 1 aliphatic heterocycles. The number of rotatable bonds is 4. The fourth-order valence-electron chi connectivity index (χ4n) is 2.42. The summed E-state index contributed by atoms with van der Waals surface area (Å²) in [6.07, 6.45) is 4.92. The van der Waals surface area contributed by atoms with Gasteiger partial charge in [-0.1, -0.05) is 18.7 Å². The highest BCUT2D eigenvalue weighted by Gasteiger charge is 2.34. The molecule has 1 fully saturated rings. The molecule has 3 rings (SSSR count). The molecule has 1 amide bonds. The highest BCUT2D eigenvalue weighted by atomic mass is 32.2. The van der Waals surface area contributed by atoms with Crippen LogP contribution in [0.25, 0.3) is 0 Å². The van der Waals surface area contributed by atoms with Crippen LogP contribution < -0.4 is 10.5 Å². The van der Waals surface area contributed by atoms with Gasteiger partial charge < -0.3 is 9.88 Å². The lowest BCUT2D eigenvalue weighted by molar-refractivity contribution is -0.116. The predicted molar refractivity (Wildman–Crippen MR) is 84.1 cm³/mol. The summed E-state index contributed by atoms with van der Waals surface area (Å²) in [7, 11) is 1.82. The molecule has 1 atom stereocenters. The van der Waals surface area contributed by atoms with Crippen molar-refractivity contribution in [3.8, 4) is 0 Å². The van der Waals surface area contributed by atoms with E-state index < -0.39 is 0 Å². The molecule has 116 valence electrons. The van der Waals surface area contributed by atoms with E-state index in [9.17, 15) is 9.59 Å². The number of aromatic amines is 1. The molecule has 1 unspecified atom stereocenters. The van der Waals surface area contributed by atoms with Gasteiger partial charge in [-0.05, 0) is 12.8 Å². The zero-order valence-corrected chi connectivity index (χ0v) is 13.3. The first-order valence-corrected chi connectivity index (χ1v) is 8.01. The molecule has 1 saturated heterocycles. The Balaban J connectivity index is 1.76. The normalized spacial score (nSPS) is 18.2. The smallest absolute Gasteiger partial charge is 0.251 e. The standard InChI is InChI=1S/C14H17N5O2S/c1-3-9-6-12(20)17-14(16-9)22-11-4-5-19(13(11)21)10-7-15-18(2)8-10/h6-8,11H,3-5H2,1-2H3,(H,16,17,20). The van der Waals surface area contributed by atoms with E-state index in [4.69, 9.17) is 0 Å². The van der Waals surface area contributed by atoms with Gasteiger partial charge in [0.25, 0.3) is 5.56 Å². The van der Waals surface area contributed by atoms with Crippen molar-refractivity contribution < 1.29 is 4.79 Å². The number of carbonyl (C=O) groups excluding carboxylic acids is 1. The van der Waals surface area contributed by atoms with Crippen molar-refractivity contribution in [2.45, 2.75) is 30.2 Å². The molecule has 0 saturated carbocycles. The summed E-state index contributed by atoms with van der Waals surface area (Å²) in [5.41, 5.74) is 1.36. The summed E-state index contributed by atoms with van der Waals surface area (Å²) >= 11 is 1.32. The molecule has 0 spiro atoms. The number of nitrogens with zero attached hydrogens (tertiary/aromatic N) is 4. The Kier molecular flexibility index (Phi) is 4.02. The van der Waals surface area contributed by atoms with Gasteiger partial charge in [-0.25, -0.2) is 4.98 Å². The highest BCUT2D eigenvalue weighted by Crippen LogP contribution is 2.31. The van der Waals surface area contributed by atoms with Crippen LogP contribution in [0.1, 0.15) is 19.0 Å². The Hall–Kier alpha value is -2.09. The molecule has 0 radical (unpaired) electrons. The Labute approximate surface area is 131 Å². The van der Waals surface area contributed by atoms with Crippen molar-refractivity contribution in [1.82, 2.24) is 19.7 Å². The maximum Gasteiger partial charge on any atom is 0.251 e. The second-order valence-electron chi connectivity index (χ2n) is 5.15. The summed E-state index contributed by atoms with van der Waals surface area (Å²) in [6.45, 7) is 2.60. The van der Waals surface area contributed by atoms with Crippen LogP contribution in [0.5, 0.6) is 0 Å². The fourth-order valence-corrected chi connectivity index (χ4v) is 3.47. The monoisotopic (exact) mass is 319 g/mol. The number of nitrogens with one attached hydrogen (secondary N) is 1. The number of aromatic nitrogens is 4. The van der Waals surface area contributed by atoms with E-state index >= 15 is 0 Å². The summed E-state index contributed by atoms with van der Waals surface area (Å²) in [5, 5.41) is 4.38. The van der Waals surface area contributed by atoms with E-state index in [0.29, 0.717) is 18.1 Å². The van der Waals surface area contributed by atoms with Gasteiger partial charge in [0, 0.05) is 31.5 Å². The Bertz CT molecular complexity index is 754. The van der Waals surface area contributed by atoms with Crippen LogP contribution in [0.4, 0.5) is 5.69 Å². The molecule has 0 aromatic carbocycles. The van der Waals surface area contributed by atoms with Gasteiger partial charge in [0.1, 0.15) is 0 Å². The van der Waals surface area contributed by atoms with Crippen LogP contribution in [0.15, 0.2) is 28.4 Å². The number of anilines is 1. The summed E-state index contributed by atoms with van der Waals surface area (Å²) in [4.78, 5) is 32.9. The summed E-state index contributed by atoms with van der Waals surface area (Å²) in [6, 6.07) is 1.49. The lowest BCUT2D eigenvalue weighted by Crippen LogP contribution is -2.28. The average Bonchev–Trinajstić information content (AvgIpc) is 3.05. The molecule has 1 aliphatic rings. The van der Waals surface area contributed by atoms with Crippen molar-refractivity contribution in [3.63, 3.8) is 0 Å². The molecule has 3 heterocycles.